The van der Waals surface area contributed by atoms with E-state index in [9.17, 15) is 0 Å². The summed E-state index contributed by atoms with van der Waals surface area (Å²) < 4.78 is 7.21. The van der Waals surface area contributed by atoms with Crippen LogP contribution in [0.2, 0.25) is 0 Å². The van der Waals surface area contributed by atoms with E-state index in [2.05, 4.69) is 46.6 Å². The van der Waals surface area contributed by atoms with Gasteiger partial charge in [0, 0.05) is 21.5 Å². The fourth-order valence-corrected chi connectivity index (χ4v) is 2.94. The molecule has 2 nitrogen and oxygen atoms in total. The van der Waals surface area contributed by atoms with Crippen LogP contribution in [0.3, 0.4) is 0 Å². The van der Waals surface area contributed by atoms with Crippen LogP contribution in [-0.2, 0) is 6.54 Å². The van der Waals surface area contributed by atoms with Crippen LogP contribution in [0.25, 0.3) is 0 Å². The van der Waals surface area contributed by atoms with Gasteiger partial charge in [0.05, 0.1) is 0 Å². The maximum atomic E-state index is 6.14. The highest BCUT2D eigenvalue weighted by Gasteiger charge is 2.08. The minimum absolute atomic E-state index is 0.810. The minimum atomic E-state index is 0.810. The summed E-state index contributed by atoms with van der Waals surface area (Å²) in [4.78, 5) is 1.15. The van der Waals surface area contributed by atoms with E-state index in [4.69, 9.17) is 4.74 Å². The third kappa shape index (κ3) is 4.77. The van der Waals surface area contributed by atoms with E-state index in [-0.39, 0.29) is 0 Å². The zero-order valence-electron chi connectivity index (χ0n) is 12.4. The fourth-order valence-electron chi connectivity index (χ4n) is 2.01. The number of benzene rings is 2. The fraction of sp³-hybridized carbons (Fsp3) is 0.294. The van der Waals surface area contributed by atoms with Gasteiger partial charge in [0.1, 0.15) is 11.5 Å². The van der Waals surface area contributed by atoms with Crippen LogP contribution in [0.15, 0.2) is 51.8 Å². The molecular weight excluding hydrogens is 346 g/mol. The van der Waals surface area contributed by atoms with Crippen molar-refractivity contribution in [3.8, 4) is 11.5 Å². The summed E-state index contributed by atoms with van der Waals surface area (Å²) in [6, 6.07) is 14.3. The van der Waals surface area contributed by atoms with Crippen molar-refractivity contribution in [1.82, 2.24) is 5.32 Å². The molecule has 0 amide bonds. The smallest absolute Gasteiger partial charge is 0.140 e. The molecule has 0 aliphatic rings. The van der Waals surface area contributed by atoms with Crippen LogP contribution in [0.4, 0.5) is 0 Å². The van der Waals surface area contributed by atoms with Crippen molar-refractivity contribution in [3.05, 3.63) is 52.5 Å². The molecule has 0 aromatic heterocycles. The largest absolute Gasteiger partial charge is 0.456 e. The molecule has 0 spiro atoms. The molecule has 0 aliphatic carbocycles. The van der Waals surface area contributed by atoms with E-state index in [1.165, 1.54) is 0 Å². The van der Waals surface area contributed by atoms with Gasteiger partial charge in [-0.05, 0) is 49.6 Å². The molecule has 21 heavy (non-hydrogen) atoms. The van der Waals surface area contributed by atoms with Crippen molar-refractivity contribution in [2.45, 2.75) is 24.8 Å². The molecule has 0 radical (unpaired) electrons. The lowest BCUT2D eigenvalue weighted by molar-refractivity contribution is 0.462. The van der Waals surface area contributed by atoms with Gasteiger partial charge in [-0.25, -0.2) is 0 Å². The van der Waals surface area contributed by atoms with Gasteiger partial charge in [0.2, 0.25) is 0 Å². The van der Waals surface area contributed by atoms with Crippen molar-refractivity contribution in [2.75, 3.05) is 12.8 Å². The molecule has 4 heteroatoms. The van der Waals surface area contributed by atoms with Gasteiger partial charge < -0.3 is 10.1 Å². The summed E-state index contributed by atoms with van der Waals surface area (Å²) in [5, 5.41) is 3.43. The number of ether oxygens (including phenoxy) is 1. The summed E-state index contributed by atoms with van der Waals surface area (Å²) in [6.45, 7) is 3.98. The third-order valence-corrected chi connectivity index (χ3v) is 4.32. The summed E-state index contributed by atoms with van der Waals surface area (Å²) in [5.74, 6) is 1.81. The average molecular weight is 366 g/mol. The second-order valence-electron chi connectivity index (χ2n) is 4.68. The molecule has 0 unspecified atom stereocenters. The van der Waals surface area contributed by atoms with Gasteiger partial charge in [-0.3, -0.25) is 0 Å². The Morgan fingerprint density at radius 1 is 1.14 bits per heavy atom. The highest BCUT2D eigenvalue weighted by atomic mass is 79.9. The Kier molecular flexibility index (Phi) is 6.61. The van der Waals surface area contributed by atoms with Crippen molar-refractivity contribution in [2.24, 2.45) is 0 Å². The summed E-state index contributed by atoms with van der Waals surface area (Å²) >= 11 is 5.23. The van der Waals surface area contributed by atoms with Gasteiger partial charge in [0.25, 0.3) is 0 Å². The third-order valence-electron chi connectivity index (χ3n) is 3.05. The first-order chi connectivity index (χ1) is 10.2. The number of halogens is 1. The summed E-state index contributed by atoms with van der Waals surface area (Å²) in [7, 11) is 0. The first kappa shape index (κ1) is 16.4. The van der Waals surface area contributed by atoms with Gasteiger partial charge in [0.15, 0.2) is 0 Å². The van der Waals surface area contributed by atoms with E-state index < -0.39 is 0 Å². The lowest BCUT2D eigenvalue weighted by Gasteiger charge is -2.14. The lowest BCUT2D eigenvalue weighted by Crippen LogP contribution is -2.14. The van der Waals surface area contributed by atoms with Gasteiger partial charge in [-0.15, -0.1) is 11.8 Å². The highest BCUT2D eigenvalue weighted by molar-refractivity contribution is 9.10. The maximum absolute atomic E-state index is 6.14. The minimum Gasteiger partial charge on any atom is -0.456 e. The number of thioether (sulfide) groups is 1. The number of nitrogens with one attached hydrogen (secondary N) is 1. The Labute approximate surface area is 139 Å². The second-order valence-corrected chi connectivity index (χ2v) is 6.45. The molecule has 0 fully saturated rings. The van der Waals surface area contributed by atoms with Crippen molar-refractivity contribution in [3.63, 3.8) is 0 Å². The lowest BCUT2D eigenvalue weighted by atomic mass is 10.2. The molecular formula is C17H20BrNOS. The van der Waals surface area contributed by atoms with Crippen LogP contribution in [-0.4, -0.2) is 12.8 Å². The van der Waals surface area contributed by atoms with Crippen molar-refractivity contribution >= 4 is 27.7 Å². The molecule has 0 saturated heterocycles. The molecule has 112 valence electrons. The summed E-state index contributed by atoms with van der Waals surface area (Å²) in [6.07, 6.45) is 3.19. The molecule has 2 aromatic carbocycles. The first-order valence-electron chi connectivity index (χ1n) is 7.04. The average Bonchev–Trinajstić information content (AvgIpc) is 2.50. The van der Waals surface area contributed by atoms with E-state index in [0.717, 1.165) is 45.9 Å². The SMILES string of the molecule is CCCNCc1cc(Br)ccc1Oc1ccccc1SC. The van der Waals surface area contributed by atoms with Crippen molar-refractivity contribution < 1.29 is 4.74 Å². The van der Waals surface area contributed by atoms with Crippen LogP contribution in [0.5, 0.6) is 11.5 Å². The summed E-state index contributed by atoms with van der Waals surface area (Å²) in [5.41, 5.74) is 1.16. The van der Waals surface area contributed by atoms with E-state index in [0.29, 0.717) is 0 Å². The first-order valence-corrected chi connectivity index (χ1v) is 9.06. The van der Waals surface area contributed by atoms with Gasteiger partial charge >= 0.3 is 0 Å². The van der Waals surface area contributed by atoms with Crippen LogP contribution < -0.4 is 10.1 Å². The Hall–Kier alpha value is -0.970. The number of hydrogen-bond donors (Lipinski definition) is 1. The molecule has 0 bridgehead atoms. The Morgan fingerprint density at radius 2 is 1.95 bits per heavy atom. The molecule has 0 saturated carbocycles. The van der Waals surface area contributed by atoms with Crippen LogP contribution in [0.1, 0.15) is 18.9 Å². The van der Waals surface area contributed by atoms with E-state index >= 15 is 0 Å². The quantitative estimate of drug-likeness (QED) is 0.519. The zero-order valence-corrected chi connectivity index (χ0v) is 14.8. The second kappa shape index (κ2) is 8.47. The normalized spacial score (nSPS) is 10.6. The standard InChI is InChI=1S/C17H20BrNOS/c1-3-10-19-12-13-11-14(18)8-9-15(13)20-16-6-4-5-7-17(16)21-2/h4-9,11,19H,3,10,12H2,1-2H3. The molecule has 1 N–H and O–H groups in total. The molecule has 0 atom stereocenters. The Balaban J connectivity index is 2.22. The number of para-hydroxylation sites is 1. The molecule has 2 rings (SSSR count). The van der Waals surface area contributed by atoms with E-state index in [1.54, 1.807) is 11.8 Å². The molecule has 2 aromatic rings. The van der Waals surface area contributed by atoms with Gasteiger partial charge in [-0.2, -0.15) is 0 Å². The Morgan fingerprint density at radius 3 is 2.71 bits per heavy atom. The molecule has 0 heterocycles. The maximum Gasteiger partial charge on any atom is 0.140 e. The Bertz CT molecular complexity index is 589. The topological polar surface area (TPSA) is 21.3 Å². The highest BCUT2D eigenvalue weighted by Crippen LogP contribution is 2.33. The number of rotatable bonds is 7. The number of hydrogen-bond acceptors (Lipinski definition) is 3. The molecule has 0 aliphatic heterocycles. The predicted molar refractivity (Wildman–Crippen MR) is 94.4 cm³/mol. The van der Waals surface area contributed by atoms with Crippen LogP contribution in [0, 0.1) is 0 Å². The van der Waals surface area contributed by atoms with E-state index in [1.807, 2.05) is 30.3 Å². The zero-order chi connectivity index (χ0) is 15.1. The van der Waals surface area contributed by atoms with Crippen molar-refractivity contribution in [1.29, 1.82) is 0 Å². The van der Waals surface area contributed by atoms with Crippen LogP contribution >= 0.6 is 27.7 Å². The predicted octanol–water partition coefficient (Wildman–Crippen LogP) is 5.46. The monoisotopic (exact) mass is 365 g/mol. The van der Waals surface area contributed by atoms with Gasteiger partial charge in [-0.1, -0.05) is 35.0 Å².